The fourth-order valence-corrected chi connectivity index (χ4v) is 4.34. The smallest absolute Gasteiger partial charge is 0.229 e. The number of nitrogens with one attached hydrogen (secondary N) is 1. The minimum Gasteiger partial charge on any atom is -0.396 e. The lowest BCUT2D eigenvalue weighted by Gasteiger charge is -2.28. The number of fused-ring (bicyclic) bond motifs is 1. The average molecular weight is 357 g/mol. The largest absolute Gasteiger partial charge is 0.396 e. The number of carbonyl (C=O) groups excluding carboxylic acids is 1. The Bertz CT molecular complexity index is 845. The molecule has 3 heterocycles. The molecule has 1 aliphatic carbocycles. The van der Waals surface area contributed by atoms with Crippen molar-refractivity contribution in [2.24, 2.45) is 17.8 Å². The van der Waals surface area contributed by atoms with Gasteiger partial charge in [-0.1, -0.05) is 11.3 Å². The lowest BCUT2D eigenvalue weighted by Crippen LogP contribution is -2.34. The molecule has 130 valence electrons. The number of hydrogen-bond donors (Lipinski definition) is 2. The van der Waals surface area contributed by atoms with Gasteiger partial charge in [0, 0.05) is 31.8 Å². The van der Waals surface area contributed by atoms with Crippen LogP contribution in [0.5, 0.6) is 0 Å². The Kier molecular flexibility index (Phi) is 4.27. The predicted molar refractivity (Wildman–Crippen MR) is 95.3 cm³/mol. The molecule has 1 aliphatic heterocycles. The number of aromatic nitrogens is 2. The Labute approximate surface area is 149 Å². The Morgan fingerprint density at radius 2 is 2.44 bits per heavy atom. The third kappa shape index (κ3) is 3.17. The highest BCUT2D eigenvalue weighted by Gasteiger charge is 2.42. The molecule has 0 spiro atoms. The molecular weight excluding hydrogens is 338 g/mol. The van der Waals surface area contributed by atoms with E-state index in [0.717, 1.165) is 41.2 Å². The van der Waals surface area contributed by atoms with Crippen LogP contribution in [0.3, 0.4) is 0 Å². The van der Waals surface area contributed by atoms with Gasteiger partial charge in [0.05, 0.1) is 22.2 Å². The minimum atomic E-state index is -0.118. The Morgan fingerprint density at radius 1 is 1.56 bits per heavy atom. The van der Waals surface area contributed by atoms with Gasteiger partial charge in [0.15, 0.2) is 10.9 Å². The fraction of sp³-hybridized carbons (Fsp3) is 0.529. The lowest BCUT2D eigenvalue weighted by atomic mass is 10.0. The zero-order valence-electron chi connectivity index (χ0n) is 13.7. The molecule has 4 rings (SSSR count). The summed E-state index contributed by atoms with van der Waals surface area (Å²) in [7, 11) is 0. The first-order chi connectivity index (χ1) is 12.2. The molecule has 0 bridgehead atoms. The van der Waals surface area contributed by atoms with Gasteiger partial charge in [0.1, 0.15) is 0 Å². The van der Waals surface area contributed by atoms with E-state index in [9.17, 15) is 4.79 Å². The number of aliphatic hydroxyl groups is 1. The number of nitriles is 1. The maximum absolute atomic E-state index is 12.3. The number of piperidine rings is 1. The van der Waals surface area contributed by atoms with E-state index in [4.69, 9.17) is 10.4 Å². The number of rotatable bonds is 4. The second-order valence-electron chi connectivity index (χ2n) is 6.69. The average Bonchev–Trinajstić information content (AvgIpc) is 3.31. The van der Waals surface area contributed by atoms with Crippen LogP contribution in [0.2, 0.25) is 0 Å². The highest BCUT2D eigenvalue weighted by Crippen LogP contribution is 2.40. The SMILES string of the molecule is N#C[C@H]1CCCN(c2nc3ccnc(NC(=O)[C@@H]4C[C@H]4CO)c3s2)C1. The number of anilines is 2. The molecule has 0 radical (unpaired) electrons. The van der Waals surface area contributed by atoms with Crippen molar-refractivity contribution in [2.45, 2.75) is 19.3 Å². The maximum atomic E-state index is 12.3. The second kappa shape index (κ2) is 6.58. The number of aliphatic hydroxyl groups excluding tert-OH is 1. The van der Waals surface area contributed by atoms with Gasteiger partial charge in [-0.15, -0.1) is 0 Å². The summed E-state index contributed by atoms with van der Waals surface area (Å²) in [5.41, 5.74) is 0.805. The number of thiazole rings is 1. The zero-order chi connectivity index (χ0) is 17.4. The van der Waals surface area contributed by atoms with Gasteiger partial charge in [-0.2, -0.15) is 5.26 Å². The highest BCUT2D eigenvalue weighted by atomic mass is 32.1. The van der Waals surface area contributed by atoms with Crippen LogP contribution in [0.25, 0.3) is 10.2 Å². The summed E-state index contributed by atoms with van der Waals surface area (Å²) in [5, 5.41) is 22.0. The van der Waals surface area contributed by atoms with Crippen LogP contribution in [-0.4, -0.2) is 40.7 Å². The Morgan fingerprint density at radius 3 is 3.20 bits per heavy atom. The van der Waals surface area contributed by atoms with Crippen molar-refractivity contribution < 1.29 is 9.90 Å². The van der Waals surface area contributed by atoms with Crippen molar-refractivity contribution in [3.8, 4) is 6.07 Å². The molecule has 1 amide bonds. The quantitative estimate of drug-likeness (QED) is 0.868. The number of pyridine rings is 1. The Balaban J connectivity index is 1.56. The second-order valence-corrected chi connectivity index (χ2v) is 7.67. The molecule has 2 aromatic heterocycles. The molecule has 2 fully saturated rings. The molecule has 1 saturated carbocycles. The third-order valence-corrected chi connectivity index (χ3v) is 6.04. The summed E-state index contributed by atoms with van der Waals surface area (Å²) < 4.78 is 0.853. The van der Waals surface area contributed by atoms with E-state index in [1.807, 2.05) is 6.07 Å². The monoisotopic (exact) mass is 357 g/mol. The summed E-state index contributed by atoms with van der Waals surface area (Å²) in [6.07, 6.45) is 4.30. The van der Waals surface area contributed by atoms with Gasteiger partial charge in [0.2, 0.25) is 5.91 Å². The van der Waals surface area contributed by atoms with Gasteiger partial charge in [-0.3, -0.25) is 4.79 Å². The first kappa shape index (κ1) is 16.2. The topological polar surface area (TPSA) is 102 Å². The molecule has 1 saturated heterocycles. The van der Waals surface area contributed by atoms with Crippen molar-refractivity contribution >= 4 is 38.4 Å². The van der Waals surface area contributed by atoms with E-state index >= 15 is 0 Å². The summed E-state index contributed by atoms with van der Waals surface area (Å²) in [6.45, 7) is 1.65. The van der Waals surface area contributed by atoms with Gasteiger partial charge >= 0.3 is 0 Å². The van der Waals surface area contributed by atoms with Gasteiger partial charge in [0.25, 0.3) is 0 Å². The van der Waals surface area contributed by atoms with E-state index in [0.29, 0.717) is 12.4 Å². The van der Waals surface area contributed by atoms with E-state index in [-0.39, 0.29) is 30.3 Å². The van der Waals surface area contributed by atoms with E-state index in [1.165, 1.54) is 11.3 Å². The standard InChI is InChI=1S/C17H19N5O2S/c18-7-10-2-1-5-22(8-10)17-20-13-3-4-19-15(14(13)25-17)21-16(24)12-6-11(12)9-23/h3-4,10-12,23H,1-2,5-6,8-9H2,(H,19,21,24)/t10-,11+,12-/m1/s1. The molecule has 7 nitrogen and oxygen atoms in total. The van der Waals surface area contributed by atoms with Gasteiger partial charge in [-0.25, -0.2) is 9.97 Å². The first-order valence-electron chi connectivity index (χ1n) is 8.51. The van der Waals surface area contributed by atoms with Crippen LogP contribution >= 0.6 is 11.3 Å². The Hall–Kier alpha value is -2.24. The lowest BCUT2D eigenvalue weighted by molar-refractivity contribution is -0.117. The summed E-state index contributed by atoms with van der Waals surface area (Å²) in [5.74, 6) is 0.448. The van der Waals surface area contributed by atoms with E-state index in [2.05, 4.69) is 26.3 Å². The molecule has 8 heteroatoms. The van der Waals surface area contributed by atoms with Crippen LogP contribution in [0.4, 0.5) is 10.9 Å². The number of nitrogens with zero attached hydrogens (tertiary/aromatic N) is 4. The number of hydrogen-bond acceptors (Lipinski definition) is 7. The third-order valence-electron chi connectivity index (χ3n) is 4.90. The van der Waals surface area contributed by atoms with Crippen LogP contribution in [0, 0.1) is 29.1 Å². The van der Waals surface area contributed by atoms with Crippen LogP contribution < -0.4 is 10.2 Å². The summed E-state index contributed by atoms with van der Waals surface area (Å²) in [6, 6.07) is 4.19. The van der Waals surface area contributed by atoms with E-state index in [1.54, 1.807) is 6.20 Å². The highest BCUT2D eigenvalue weighted by molar-refractivity contribution is 7.22. The first-order valence-corrected chi connectivity index (χ1v) is 9.33. The predicted octanol–water partition coefficient (Wildman–Crippen LogP) is 2.00. The van der Waals surface area contributed by atoms with Gasteiger partial charge in [-0.05, 0) is 31.2 Å². The van der Waals surface area contributed by atoms with Crippen LogP contribution in [0.1, 0.15) is 19.3 Å². The number of amides is 1. The maximum Gasteiger partial charge on any atom is 0.229 e. The molecule has 0 aromatic carbocycles. The zero-order valence-corrected chi connectivity index (χ0v) is 14.5. The van der Waals surface area contributed by atoms with Crippen molar-refractivity contribution in [1.82, 2.24) is 9.97 Å². The van der Waals surface area contributed by atoms with Crippen molar-refractivity contribution in [3.63, 3.8) is 0 Å². The minimum absolute atomic E-state index is 0.0448. The van der Waals surface area contributed by atoms with Crippen LogP contribution in [0.15, 0.2) is 12.3 Å². The number of carbonyl (C=O) groups is 1. The summed E-state index contributed by atoms with van der Waals surface area (Å²) >= 11 is 1.50. The van der Waals surface area contributed by atoms with E-state index < -0.39 is 0 Å². The van der Waals surface area contributed by atoms with Crippen molar-refractivity contribution in [3.05, 3.63) is 12.3 Å². The van der Waals surface area contributed by atoms with Crippen molar-refractivity contribution in [1.29, 1.82) is 5.26 Å². The molecule has 25 heavy (non-hydrogen) atoms. The molecular formula is C17H19N5O2S. The fourth-order valence-electron chi connectivity index (χ4n) is 3.30. The van der Waals surface area contributed by atoms with Crippen molar-refractivity contribution in [2.75, 3.05) is 29.9 Å². The molecule has 0 unspecified atom stereocenters. The van der Waals surface area contributed by atoms with Crippen LogP contribution in [-0.2, 0) is 4.79 Å². The normalized spacial score (nSPS) is 25.6. The van der Waals surface area contributed by atoms with Gasteiger partial charge < -0.3 is 15.3 Å². The molecule has 2 aliphatic rings. The summed E-state index contributed by atoms with van der Waals surface area (Å²) in [4.78, 5) is 23.4. The molecule has 2 aromatic rings. The molecule has 3 atom stereocenters. The molecule has 2 N–H and O–H groups in total.